The lowest BCUT2D eigenvalue weighted by molar-refractivity contribution is 0.415. The number of benzene rings is 2. The van der Waals surface area contributed by atoms with E-state index in [-0.39, 0.29) is 0 Å². The Labute approximate surface area is 152 Å². The SMILES string of the molecule is COc1ccc(-c2nc3cnccn3c2Nc2cccc(C)c2C)cc1. The number of aromatic nitrogens is 3. The van der Waals surface area contributed by atoms with Crippen LogP contribution in [0.2, 0.25) is 0 Å². The Morgan fingerprint density at radius 2 is 1.85 bits per heavy atom. The van der Waals surface area contributed by atoms with Crippen molar-refractivity contribution in [3.8, 4) is 17.0 Å². The van der Waals surface area contributed by atoms with Crippen LogP contribution in [-0.4, -0.2) is 21.5 Å². The zero-order chi connectivity index (χ0) is 18.1. The summed E-state index contributed by atoms with van der Waals surface area (Å²) in [5, 5.41) is 3.57. The van der Waals surface area contributed by atoms with Crippen LogP contribution in [0.15, 0.2) is 61.1 Å². The first-order chi connectivity index (χ1) is 12.7. The third-order valence-electron chi connectivity index (χ3n) is 4.65. The molecule has 26 heavy (non-hydrogen) atoms. The standard InChI is InChI=1S/C21H20N4O/c1-14-5-4-6-18(15(14)2)23-21-20(16-7-9-17(26-3)10-8-16)24-19-13-22-11-12-25(19)21/h4-13,23H,1-3H3. The molecule has 0 saturated carbocycles. The van der Waals surface area contributed by atoms with E-state index in [0.717, 1.165) is 34.2 Å². The van der Waals surface area contributed by atoms with Crippen LogP contribution >= 0.6 is 0 Å². The van der Waals surface area contributed by atoms with Gasteiger partial charge in [0.1, 0.15) is 17.3 Å². The topological polar surface area (TPSA) is 51.5 Å². The molecule has 0 amide bonds. The van der Waals surface area contributed by atoms with E-state index in [1.165, 1.54) is 11.1 Å². The molecule has 0 bridgehead atoms. The Morgan fingerprint density at radius 1 is 1.04 bits per heavy atom. The molecule has 2 aromatic heterocycles. The van der Waals surface area contributed by atoms with Crippen LogP contribution in [0, 0.1) is 13.8 Å². The number of fused-ring (bicyclic) bond motifs is 1. The summed E-state index contributed by atoms with van der Waals surface area (Å²) in [6.07, 6.45) is 5.45. The first-order valence-corrected chi connectivity index (χ1v) is 8.47. The second kappa shape index (κ2) is 6.52. The molecule has 0 fully saturated rings. The number of hydrogen-bond donors (Lipinski definition) is 1. The minimum atomic E-state index is 0.797. The maximum atomic E-state index is 5.27. The van der Waals surface area contributed by atoms with Crippen molar-refractivity contribution in [3.63, 3.8) is 0 Å². The number of hydrogen-bond acceptors (Lipinski definition) is 4. The van der Waals surface area contributed by atoms with Gasteiger partial charge in [-0.3, -0.25) is 9.38 Å². The Balaban J connectivity index is 1.87. The maximum Gasteiger partial charge on any atom is 0.157 e. The largest absolute Gasteiger partial charge is 0.497 e. The number of nitrogens with zero attached hydrogens (tertiary/aromatic N) is 3. The zero-order valence-electron chi connectivity index (χ0n) is 15.0. The summed E-state index contributed by atoms with van der Waals surface area (Å²) in [5.41, 5.74) is 6.22. The van der Waals surface area contributed by atoms with E-state index in [1.54, 1.807) is 19.5 Å². The number of anilines is 2. The normalized spacial score (nSPS) is 10.9. The highest BCUT2D eigenvalue weighted by Gasteiger charge is 2.15. The fourth-order valence-electron chi connectivity index (χ4n) is 2.99. The molecule has 0 radical (unpaired) electrons. The molecule has 4 aromatic rings. The molecule has 5 nitrogen and oxygen atoms in total. The van der Waals surface area contributed by atoms with Crippen molar-refractivity contribution in [1.29, 1.82) is 0 Å². The van der Waals surface area contributed by atoms with Crippen molar-refractivity contribution in [2.45, 2.75) is 13.8 Å². The van der Waals surface area contributed by atoms with Crippen LogP contribution < -0.4 is 10.1 Å². The van der Waals surface area contributed by atoms with Crippen LogP contribution in [0.3, 0.4) is 0 Å². The molecular weight excluding hydrogens is 324 g/mol. The third-order valence-corrected chi connectivity index (χ3v) is 4.65. The predicted octanol–water partition coefficient (Wildman–Crippen LogP) is 4.77. The quantitative estimate of drug-likeness (QED) is 0.580. The van der Waals surface area contributed by atoms with Gasteiger partial charge in [0.2, 0.25) is 0 Å². The molecule has 130 valence electrons. The molecule has 0 atom stereocenters. The summed E-state index contributed by atoms with van der Waals surface area (Å²) in [6, 6.07) is 14.2. The van der Waals surface area contributed by atoms with Gasteiger partial charge in [0, 0.05) is 23.6 Å². The molecule has 2 heterocycles. The van der Waals surface area contributed by atoms with Gasteiger partial charge >= 0.3 is 0 Å². The number of ether oxygens (including phenoxy) is 1. The smallest absolute Gasteiger partial charge is 0.157 e. The molecule has 0 unspecified atom stereocenters. The fourth-order valence-corrected chi connectivity index (χ4v) is 2.99. The lowest BCUT2D eigenvalue weighted by atomic mass is 10.1. The van der Waals surface area contributed by atoms with Crippen LogP contribution in [0.25, 0.3) is 16.9 Å². The monoisotopic (exact) mass is 344 g/mol. The maximum absolute atomic E-state index is 5.27. The average molecular weight is 344 g/mol. The van der Waals surface area contributed by atoms with Gasteiger partial charge in [-0.2, -0.15) is 0 Å². The molecule has 1 N–H and O–H groups in total. The molecule has 2 aromatic carbocycles. The van der Waals surface area contributed by atoms with Gasteiger partial charge in [-0.25, -0.2) is 4.98 Å². The predicted molar refractivity (Wildman–Crippen MR) is 104 cm³/mol. The molecule has 4 rings (SSSR count). The summed E-state index contributed by atoms with van der Waals surface area (Å²) in [5.74, 6) is 1.74. The molecule has 0 aliphatic carbocycles. The van der Waals surface area contributed by atoms with Crippen molar-refractivity contribution in [2.75, 3.05) is 12.4 Å². The second-order valence-electron chi connectivity index (χ2n) is 6.21. The summed E-state index contributed by atoms with van der Waals surface area (Å²) in [7, 11) is 1.67. The molecule has 0 saturated heterocycles. The minimum absolute atomic E-state index is 0.797. The van der Waals surface area contributed by atoms with Crippen LogP contribution in [-0.2, 0) is 0 Å². The van der Waals surface area contributed by atoms with E-state index in [2.05, 4.69) is 42.3 Å². The van der Waals surface area contributed by atoms with Gasteiger partial charge in [-0.15, -0.1) is 0 Å². The van der Waals surface area contributed by atoms with Gasteiger partial charge in [0.05, 0.1) is 13.3 Å². The van der Waals surface area contributed by atoms with E-state index >= 15 is 0 Å². The first-order valence-electron chi connectivity index (χ1n) is 8.47. The minimum Gasteiger partial charge on any atom is -0.497 e. The van der Waals surface area contributed by atoms with Gasteiger partial charge in [0.25, 0.3) is 0 Å². The lowest BCUT2D eigenvalue weighted by Crippen LogP contribution is -1.99. The van der Waals surface area contributed by atoms with Crippen molar-refractivity contribution in [2.24, 2.45) is 0 Å². The molecular formula is C21H20N4O. The van der Waals surface area contributed by atoms with Crippen LogP contribution in [0.1, 0.15) is 11.1 Å². The molecule has 0 aliphatic heterocycles. The van der Waals surface area contributed by atoms with Crippen molar-refractivity contribution < 1.29 is 4.74 Å². The zero-order valence-corrected chi connectivity index (χ0v) is 15.0. The number of methoxy groups -OCH3 is 1. The van der Waals surface area contributed by atoms with Gasteiger partial charge in [-0.1, -0.05) is 12.1 Å². The third kappa shape index (κ3) is 2.77. The van der Waals surface area contributed by atoms with E-state index in [0.29, 0.717) is 0 Å². The van der Waals surface area contributed by atoms with Gasteiger partial charge < -0.3 is 10.1 Å². The number of nitrogens with one attached hydrogen (secondary N) is 1. The van der Waals surface area contributed by atoms with E-state index < -0.39 is 0 Å². The fraction of sp³-hybridized carbons (Fsp3) is 0.143. The first kappa shape index (κ1) is 16.1. The lowest BCUT2D eigenvalue weighted by Gasteiger charge is -2.13. The Morgan fingerprint density at radius 3 is 2.62 bits per heavy atom. The average Bonchev–Trinajstić information content (AvgIpc) is 3.04. The number of rotatable bonds is 4. The molecule has 0 spiro atoms. The Hall–Kier alpha value is -3.34. The highest BCUT2D eigenvalue weighted by molar-refractivity contribution is 5.80. The van der Waals surface area contributed by atoms with Crippen molar-refractivity contribution >= 4 is 17.2 Å². The van der Waals surface area contributed by atoms with E-state index in [1.807, 2.05) is 34.9 Å². The Kier molecular flexibility index (Phi) is 4.05. The van der Waals surface area contributed by atoms with Crippen LogP contribution in [0.5, 0.6) is 5.75 Å². The van der Waals surface area contributed by atoms with Crippen molar-refractivity contribution in [1.82, 2.24) is 14.4 Å². The highest BCUT2D eigenvalue weighted by atomic mass is 16.5. The van der Waals surface area contributed by atoms with Gasteiger partial charge in [-0.05, 0) is 55.3 Å². The molecule has 5 heteroatoms. The number of aryl methyl sites for hydroxylation is 1. The molecule has 0 aliphatic rings. The summed E-state index contributed by atoms with van der Waals surface area (Å²) in [6.45, 7) is 4.23. The summed E-state index contributed by atoms with van der Waals surface area (Å²) >= 11 is 0. The Bertz CT molecular complexity index is 1070. The van der Waals surface area contributed by atoms with Crippen molar-refractivity contribution in [3.05, 3.63) is 72.2 Å². The van der Waals surface area contributed by atoms with E-state index in [9.17, 15) is 0 Å². The number of imidazole rings is 1. The van der Waals surface area contributed by atoms with Gasteiger partial charge in [0.15, 0.2) is 5.65 Å². The second-order valence-corrected chi connectivity index (χ2v) is 6.21. The summed E-state index contributed by atoms with van der Waals surface area (Å²) < 4.78 is 7.29. The van der Waals surface area contributed by atoms with E-state index in [4.69, 9.17) is 9.72 Å². The summed E-state index contributed by atoms with van der Waals surface area (Å²) in [4.78, 5) is 8.98. The van der Waals surface area contributed by atoms with Crippen LogP contribution in [0.4, 0.5) is 11.5 Å². The highest BCUT2D eigenvalue weighted by Crippen LogP contribution is 2.33.